The van der Waals surface area contributed by atoms with Gasteiger partial charge in [-0.2, -0.15) is 5.26 Å². The Balaban J connectivity index is 2.62. The lowest BCUT2D eigenvalue weighted by molar-refractivity contribution is -0.131. The third kappa shape index (κ3) is 5.01. The van der Waals surface area contributed by atoms with Crippen molar-refractivity contribution in [1.29, 1.82) is 5.26 Å². The average molecular weight is 279 g/mol. The van der Waals surface area contributed by atoms with Gasteiger partial charge in [0, 0.05) is 25.5 Å². The maximum atomic E-state index is 12.1. The number of carbonyl (C=O) groups excluding carboxylic acids is 1. The summed E-state index contributed by atoms with van der Waals surface area (Å²) in [5.41, 5.74) is 0. The second kappa shape index (κ2) is 7.27. The van der Waals surface area contributed by atoms with E-state index in [-0.39, 0.29) is 11.9 Å². The molecule has 19 heavy (non-hydrogen) atoms. The minimum absolute atomic E-state index is 0.103. The van der Waals surface area contributed by atoms with Crippen molar-refractivity contribution in [2.75, 3.05) is 14.1 Å². The van der Waals surface area contributed by atoms with Crippen LogP contribution in [0.2, 0.25) is 0 Å². The molecule has 0 fully saturated rings. The smallest absolute Gasteiger partial charge is 0.239 e. The number of nitriles is 1. The fraction of sp³-hybridized carbons (Fsp3) is 0.571. The van der Waals surface area contributed by atoms with Crippen molar-refractivity contribution in [2.45, 2.75) is 32.9 Å². The van der Waals surface area contributed by atoms with Crippen LogP contribution in [0.25, 0.3) is 0 Å². The lowest BCUT2D eigenvalue weighted by Gasteiger charge is -2.23. The molecule has 0 aliphatic carbocycles. The molecule has 1 aromatic rings. The Bertz CT molecular complexity index is 460. The van der Waals surface area contributed by atoms with E-state index < -0.39 is 0 Å². The van der Waals surface area contributed by atoms with Crippen molar-refractivity contribution in [2.24, 2.45) is 5.92 Å². The van der Waals surface area contributed by atoms with Gasteiger partial charge in [0.05, 0.1) is 6.04 Å². The molecule has 1 heterocycles. The second-order valence-electron chi connectivity index (χ2n) is 5.17. The van der Waals surface area contributed by atoms with E-state index in [1.165, 1.54) is 11.3 Å². The molecule has 0 aromatic carbocycles. The molecule has 104 valence electrons. The van der Waals surface area contributed by atoms with Crippen molar-refractivity contribution < 1.29 is 4.79 Å². The van der Waals surface area contributed by atoms with Crippen molar-refractivity contribution in [1.82, 2.24) is 10.2 Å². The molecular weight excluding hydrogens is 258 g/mol. The molecule has 0 radical (unpaired) electrons. The molecular formula is C14H21N3OS. The molecule has 0 bridgehead atoms. The molecule has 1 N–H and O–H groups in total. The number of carbonyl (C=O) groups is 1. The summed E-state index contributed by atoms with van der Waals surface area (Å²) in [6.45, 7) is 4.84. The Morgan fingerprint density at radius 2 is 2.16 bits per heavy atom. The zero-order valence-corrected chi connectivity index (χ0v) is 12.8. The lowest BCUT2D eigenvalue weighted by Crippen LogP contribution is -2.44. The van der Waals surface area contributed by atoms with E-state index in [4.69, 9.17) is 5.26 Å². The van der Waals surface area contributed by atoms with Crippen LogP contribution >= 0.6 is 11.3 Å². The molecule has 1 atom stereocenters. The van der Waals surface area contributed by atoms with Crippen LogP contribution in [0.1, 0.15) is 30.0 Å². The Hall–Kier alpha value is -1.38. The standard InChI is InChI=1S/C14H21N3OS/c1-10(2)7-13(14(18)17(3)4)16-9-12-6-5-11(8-15)19-12/h5-6,10,13,16H,7,9H2,1-4H3. The van der Waals surface area contributed by atoms with Crippen molar-refractivity contribution in [3.8, 4) is 6.07 Å². The van der Waals surface area contributed by atoms with Crippen molar-refractivity contribution in [3.63, 3.8) is 0 Å². The summed E-state index contributed by atoms with van der Waals surface area (Å²) in [4.78, 5) is 15.5. The van der Waals surface area contributed by atoms with Gasteiger partial charge in [0.2, 0.25) is 5.91 Å². The topological polar surface area (TPSA) is 56.1 Å². The van der Waals surface area contributed by atoms with Gasteiger partial charge in [0.25, 0.3) is 0 Å². The minimum Gasteiger partial charge on any atom is -0.347 e. The Kier molecular flexibility index (Phi) is 6.00. The molecule has 4 nitrogen and oxygen atoms in total. The molecule has 1 aromatic heterocycles. The van der Waals surface area contributed by atoms with Gasteiger partial charge in [0.1, 0.15) is 10.9 Å². The summed E-state index contributed by atoms with van der Waals surface area (Å²) in [6, 6.07) is 5.71. The third-order valence-corrected chi connectivity index (χ3v) is 3.73. The number of hydrogen-bond acceptors (Lipinski definition) is 4. The quantitative estimate of drug-likeness (QED) is 0.868. The zero-order valence-electron chi connectivity index (χ0n) is 11.9. The summed E-state index contributed by atoms with van der Waals surface area (Å²) in [6.07, 6.45) is 0.813. The molecule has 0 saturated carbocycles. The van der Waals surface area contributed by atoms with Crippen LogP contribution in [-0.4, -0.2) is 30.9 Å². The summed E-state index contributed by atoms with van der Waals surface area (Å²) >= 11 is 1.47. The van der Waals surface area contributed by atoms with Crippen LogP contribution in [0.15, 0.2) is 12.1 Å². The van der Waals surface area contributed by atoms with E-state index in [0.717, 1.165) is 11.3 Å². The van der Waals surface area contributed by atoms with Crippen LogP contribution in [0, 0.1) is 17.2 Å². The monoisotopic (exact) mass is 279 g/mol. The fourth-order valence-electron chi connectivity index (χ4n) is 1.81. The first-order valence-corrected chi connectivity index (χ1v) is 7.19. The highest BCUT2D eigenvalue weighted by Gasteiger charge is 2.20. The molecule has 0 aliphatic heterocycles. The van der Waals surface area contributed by atoms with Crippen LogP contribution in [0.4, 0.5) is 0 Å². The number of likely N-dealkylation sites (N-methyl/N-ethyl adjacent to an activating group) is 1. The van der Waals surface area contributed by atoms with Gasteiger partial charge in [0.15, 0.2) is 0 Å². The molecule has 0 spiro atoms. The number of thiophene rings is 1. The molecule has 0 saturated heterocycles. The van der Waals surface area contributed by atoms with E-state index in [9.17, 15) is 4.79 Å². The second-order valence-corrected chi connectivity index (χ2v) is 6.34. The predicted molar refractivity (Wildman–Crippen MR) is 77.8 cm³/mol. The molecule has 0 aliphatic rings. The summed E-state index contributed by atoms with van der Waals surface area (Å²) < 4.78 is 0. The number of hydrogen-bond donors (Lipinski definition) is 1. The van der Waals surface area contributed by atoms with Gasteiger partial charge in [-0.15, -0.1) is 11.3 Å². The summed E-state index contributed by atoms with van der Waals surface area (Å²) in [5.74, 6) is 0.560. The SMILES string of the molecule is CC(C)CC(NCc1ccc(C#N)s1)C(=O)N(C)C. The van der Waals surface area contributed by atoms with E-state index in [2.05, 4.69) is 25.2 Å². The summed E-state index contributed by atoms with van der Waals surface area (Å²) in [7, 11) is 3.55. The molecule has 1 unspecified atom stereocenters. The van der Waals surface area contributed by atoms with E-state index in [1.807, 2.05) is 12.1 Å². The van der Waals surface area contributed by atoms with E-state index in [0.29, 0.717) is 17.3 Å². The third-order valence-electron chi connectivity index (χ3n) is 2.74. The van der Waals surface area contributed by atoms with Crippen molar-refractivity contribution >= 4 is 17.2 Å². The molecule has 1 amide bonds. The first-order valence-electron chi connectivity index (χ1n) is 6.37. The normalized spacial score (nSPS) is 12.2. The van der Waals surface area contributed by atoms with Gasteiger partial charge >= 0.3 is 0 Å². The van der Waals surface area contributed by atoms with Crippen LogP contribution in [0.5, 0.6) is 0 Å². The molecule has 5 heteroatoms. The Morgan fingerprint density at radius 1 is 1.47 bits per heavy atom. The summed E-state index contributed by atoms with van der Waals surface area (Å²) in [5, 5.41) is 12.1. The van der Waals surface area contributed by atoms with Crippen LogP contribution in [0.3, 0.4) is 0 Å². The number of nitrogens with one attached hydrogen (secondary N) is 1. The van der Waals surface area contributed by atoms with Gasteiger partial charge in [-0.1, -0.05) is 13.8 Å². The lowest BCUT2D eigenvalue weighted by atomic mass is 10.0. The zero-order chi connectivity index (χ0) is 14.4. The maximum Gasteiger partial charge on any atom is 0.239 e. The van der Waals surface area contributed by atoms with Gasteiger partial charge in [-0.3, -0.25) is 4.79 Å². The number of amides is 1. The number of nitrogens with zero attached hydrogens (tertiary/aromatic N) is 2. The largest absolute Gasteiger partial charge is 0.347 e. The van der Waals surface area contributed by atoms with Gasteiger partial charge < -0.3 is 10.2 Å². The Labute approximate surface area is 119 Å². The average Bonchev–Trinajstić information content (AvgIpc) is 2.80. The number of rotatable bonds is 6. The van der Waals surface area contributed by atoms with Crippen LogP contribution in [-0.2, 0) is 11.3 Å². The highest BCUT2D eigenvalue weighted by Crippen LogP contribution is 2.16. The highest BCUT2D eigenvalue weighted by molar-refractivity contribution is 7.12. The first kappa shape index (κ1) is 15.7. The van der Waals surface area contributed by atoms with Crippen molar-refractivity contribution in [3.05, 3.63) is 21.9 Å². The first-order chi connectivity index (χ1) is 8.93. The van der Waals surface area contributed by atoms with Gasteiger partial charge in [-0.25, -0.2) is 0 Å². The van der Waals surface area contributed by atoms with E-state index in [1.54, 1.807) is 19.0 Å². The maximum absolute atomic E-state index is 12.1. The Morgan fingerprint density at radius 3 is 2.63 bits per heavy atom. The van der Waals surface area contributed by atoms with E-state index >= 15 is 0 Å². The van der Waals surface area contributed by atoms with Gasteiger partial charge in [-0.05, 0) is 24.5 Å². The highest BCUT2D eigenvalue weighted by atomic mass is 32.1. The fourth-order valence-corrected chi connectivity index (χ4v) is 2.57. The van der Waals surface area contributed by atoms with Crippen LogP contribution < -0.4 is 5.32 Å². The molecule has 1 rings (SSSR count). The minimum atomic E-state index is -0.164. The predicted octanol–water partition coefficient (Wildman–Crippen LogP) is 2.21.